The smallest absolute Gasteiger partial charge is 0.238 e. The number of nitrogens with two attached hydrogens (primary N) is 1. The number of aromatic nitrogens is 3. The molecule has 3 N–H and O–H groups in total. The molecule has 1 saturated heterocycles. The van der Waals surface area contributed by atoms with Crippen LogP contribution in [0.5, 0.6) is 0 Å². The van der Waals surface area contributed by atoms with Crippen LogP contribution >= 0.6 is 11.8 Å². The van der Waals surface area contributed by atoms with E-state index in [2.05, 4.69) is 22.1 Å². The van der Waals surface area contributed by atoms with Crippen molar-refractivity contribution in [3.8, 4) is 0 Å². The van der Waals surface area contributed by atoms with Crippen LogP contribution < -0.4 is 10.5 Å². The van der Waals surface area contributed by atoms with Gasteiger partial charge in [0.1, 0.15) is 5.82 Å². The predicted molar refractivity (Wildman–Crippen MR) is 113 cm³/mol. The first kappa shape index (κ1) is 22.5. The van der Waals surface area contributed by atoms with E-state index in [1.165, 1.54) is 36.0 Å². The lowest BCUT2D eigenvalue weighted by Gasteiger charge is -2.11. The number of carbonyl (C=O) groups is 1. The zero-order valence-electron chi connectivity index (χ0n) is 15.9. The number of primary sulfonamides is 1. The Hall–Kier alpha value is -2.22. The van der Waals surface area contributed by atoms with Crippen LogP contribution in [0, 0.1) is 0 Å². The van der Waals surface area contributed by atoms with Gasteiger partial charge in [0.25, 0.3) is 0 Å². The van der Waals surface area contributed by atoms with E-state index in [0.29, 0.717) is 29.6 Å². The van der Waals surface area contributed by atoms with E-state index in [9.17, 15) is 21.6 Å². The largest absolute Gasteiger partial charge is 0.325 e. The van der Waals surface area contributed by atoms with Gasteiger partial charge in [0.05, 0.1) is 22.2 Å². The minimum Gasteiger partial charge on any atom is -0.325 e. The molecular formula is C17H21N5O5S3. The molecule has 10 nitrogen and oxygen atoms in total. The molecule has 162 valence electrons. The van der Waals surface area contributed by atoms with Crippen LogP contribution in [-0.2, 0) is 31.2 Å². The van der Waals surface area contributed by atoms with Crippen LogP contribution in [0.25, 0.3) is 0 Å². The Balaban J connectivity index is 1.65. The van der Waals surface area contributed by atoms with E-state index >= 15 is 0 Å². The number of amides is 1. The average Bonchev–Trinajstić information content (AvgIpc) is 3.22. The normalized spacial score (nSPS) is 18.2. The first-order valence-electron chi connectivity index (χ1n) is 8.89. The molecule has 13 heteroatoms. The van der Waals surface area contributed by atoms with Crippen molar-refractivity contribution in [2.45, 2.75) is 28.9 Å². The molecule has 1 aliphatic rings. The Bertz CT molecular complexity index is 1160. The van der Waals surface area contributed by atoms with E-state index < -0.39 is 19.9 Å². The van der Waals surface area contributed by atoms with Crippen LogP contribution in [0.15, 0.2) is 47.0 Å². The number of sulfone groups is 1. The summed E-state index contributed by atoms with van der Waals surface area (Å²) in [5.74, 6) is 0.257. The second-order valence-electron chi connectivity index (χ2n) is 6.75. The fourth-order valence-corrected chi connectivity index (χ4v) is 6.07. The Morgan fingerprint density at radius 2 is 2.03 bits per heavy atom. The first-order valence-corrected chi connectivity index (χ1v) is 13.2. The van der Waals surface area contributed by atoms with Crippen molar-refractivity contribution >= 4 is 43.2 Å². The van der Waals surface area contributed by atoms with E-state index in [-0.39, 0.29) is 34.0 Å². The number of allylic oxidation sites excluding steroid dienone is 1. The standard InChI is InChI=1S/C17H21N5O5S3/c1-2-8-22-16(12-7-9-29(24,25)11-12)20-21-17(22)28-10-15(23)19-13-3-5-14(6-4-13)30(18,26)27/h2-6,12H,1,7-11H2,(H,19,23)(H2,18,26,27). The maximum absolute atomic E-state index is 12.3. The van der Waals surface area contributed by atoms with Crippen molar-refractivity contribution in [2.75, 3.05) is 22.6 Å². The zero-order valence-corrected chi connectivity index (χ0v) is 18.3. The monoisotopic (exact) mass is 471 g/mol. The Morgan fingerprint density at radius 1 is 1.33 bits per heavy atom. The van der Waals surface area contributed by atoms with Gasteiger partial charge in [0.15, 0.2) is 15.0 Å². The van der Waals surface area contributed by atoms with Gasteiger partial charge < -0.3 is 9.88 Å². The third-order valence-electron chi connectivity index (χ3n) is 4.45. The molecule has 2 aromatic rings. The van der Waals surface area contributed by atoms with E-state index in [1.54, 1.807) is 10.6 Å². The number of sulfonamides is 1. The molecule has 1 aromatic carbocycles. The number of hydrogen-bond acceptors (Lipinski definition) is 8. The van der Waals surface area contributed by atoms with Crippen molar-refractivity contribution in [2.24, 2.45) is 5.14 Å². The summed E-state index contributed by atoms with van der Waals surface area (Å²) < 4.78 is 47.9. The minimum absolute atomic E-state index is 0.0369. The van der Waals surface area contributed by atoms with Gasteiger partial charge in [-0.05, 0) is 30.7 Å². The Morgan fingerprint density at radius 3 is 2.60 bits per heavy atom. The van der Waals surface area contributed by atoms with E-state index in [0.717, 1.165) is 0 Å². The van der Waals surface area contributed by atoms with Gasteiger partial charge in [0, 0.05) is 18.2 Å². The number of rotatable bonds is 8. The van der Waals surface area contributed by atoms with Crippen molar-refractivity contribution in [1.29, 1.82) is 0 Å². The quantitative estimate of drug-likeness (QED) is 0.422. The van der Waals surface area contributed by atoms with Crippen LogP contribution in [0.2, 0.25) is 0 Å². The van der Waals surface area contributed by atoms with Gasteiger partial charge in [-0.3, -0.25) is 4.79 Å². The zero-order chi connectivity index (χ0) is 21.9. The topological polar surface area (TPSA) is 154 Å². The lowest BCUT2D eigenvalue weighted by Crippen LogP contribution is -2.16. The van der Waals surface area contributed by atoms with Gasteiger partial charge in [-0.1, -0.05) is 17.8 Å². The molecule has 30 heavy (non-hydrogen) atoms. The predicted octanol–water partition coefficient (Wildman–Crippen LogP) is 0.744. The molecule has 1 atom stereocenters. The van der Waals surface area contributed by atoms with Gasteiger partial charge in [0.2, 0.25) is 15.9 Å². The van der Waals surface area contributed by atoms with Crippen molar-refractivity contribution < 1.29 is 21.6 Å². The van der Waals surface area contributed by atoms with E-state index in [4.69, 9.17) is 5.14 Å². The molecule has 1 fully saturated rings. The molecule has 3 rings (SSSR count). The highest BCUT2D eigenvalue weighted by molar-refractivity contribution is 7.99. The summed E-state index contributed by atoms with van der Waals surface area (Å²) >= 11 is 1.17. The highest BCUT2D eigenvalue weighted by Crippen LogP contribution is 2.30. The highest BCUT2D eigenvalue weighted by Gasteiger charge is 2.33. The van der Waals surface area contributed by atoms with Crippen LogP contribution in [0.3, 0.4) is 0 Å². The Kier molecular flexibility index (Phi) is 6.65. The van der Waals surface area contributed by atoms with Crippen molar-refractivity contribution in [1.82, 2.24) is 14.8 Å². The van der Waals surface area contributed by atoms with E-state index in [1.807, 2.05) is 0 Å². The second kappa shape index (κ2) is 8.88. The number of hydrogen-bond donors (Lipinski definition) is 2. The summed E-state index contributed by atoms with van der Waals surface area (Å²) in [7, 11) is -6.86. The van der Waals surface area contributed by atoms with Gasteiger partial charge in [-0.15, -0.1) is 16.8 Å². The molecule has 0 saturated carbocycles. The molecule has 0 aliphatic carbocycles. The summed E-state index contributed by atoms with van der Waals surface area (Å²) in [6.07, 6.45) is 2.16. The fraction of sp³-hybridized carbons (Fsp3) is 0.353. The number of nitrogens with zero attached hydrogens (tertiary/aromatic N) is 3. The number of anilines is 1. The van der Waals surface area contributed by atoms with Crippen molar-refractivity contribution in [3.63, 3.8) is 0 Å². The van der Waals surface area contributed by atoms with Gasteiger partial charge in [-0.25, -0.2) is 22.0 Å². The molecule has 1 unspecified atom stereocenters. The lowest BCUT2D eigenvalue weighted by molar-refractivity contribution is -0.113. The van der Waals surface area contributed by atoms with Crippen LogP contribution in [0.4, 0.5) is 5.69 Å². The molecule has 0 spiro atoms. The van der Waals surface area contributed by atoms with Crippen LogP contribution in [-0.4, -0.2) is 54.8 Å². The number of nitrogens with one attached hydrogen (secondary N) is 1. The summed E-state index contributed by atoms with van der Waals surface area (Å²) in [5.41, 5.74) is 0.428. The number of carbonyl (C=O) groups excluding carboxylic acids is 1. The molecule has 0 bridgehead atoms. The third-order valence-corrected chi connectivity index (χ3v) is 8.12. The Labute approximate surface area is 178 Å². The third kappa shape index (κ3) is 5.47. The molecule has 1 aromatic heterocycles. The summed E-state index contributed by atoms with van der Waals surface area (Å²) in [6.45, 7) is 4.11. The van der Waals surface area contributed by atoms with Crippen LogP contribution in [0.1, 0.15) is 18.2 Å². The summed E-state index contributed by atoms with van der Waals surface area (Å²) in [5, 5.41) is 16.5. The molecule has 1 amide bonds. The maximum atomic E-state index is 12.3. The molecule has 0 radical (unpaired) electrons. The summed E-state index contributed by atoms with van der Waals surface area (Å²) in [4.78, 5) is 12.2. The molecular weight excluding hydrogens is 450 g/mol. The van der Waals surface area contributed by atoms with Gasteiger partial charge in [-0.2, -0.15) is 0 Å². The van der Waals surface area contributed by atoms with Gasteiger partial charge >= 0.3 is 0 Å². The maximum Gasteiger partial charge on any atom is 0.238 e. The minimum atomic E-state index is -3.80. The fourth-order valence-electron chi connectivity index (χ4n) is 3.06. The van der Waals surface area contributed by atoms with Crippen molar-refractivity contribution in [3.05, 3.63) is 42.7 Å². The SMILES string of the molecule is C=CCn1c(SCC(=O)Nc2ccc(S(N)(=O)=O)cc2)nnc1C1CCS(=O)(=O)C1. The number of thioether (sulfide) groups is 1. The average molecular weight is 472 g/mol. The highest BCUT2D eigenvalue weighted by atomic mass is 32.2. The lowest BCUT2D eigenvalue weighted by atomic mass is 10.1. The molecule has 1 aliphatic heterocycles. The number of benzene rings is 1. The first-order chi connectivity index (χ1) is 14.1. The summed E-state index contributed by atoms with van der Waals surface area (Å²) in [6, 6.07) is 5.50. The molecule has 2 heterocycles. The second-order valence-corrected chi connectivity index (χ2v) is 11.5.